The summed E-state index contributed by atoms with van der Waals surface area (Å²) in [6.45, 7) is 0.953. The maximum atomic E-state index is 13.4. The first-order valence-corrected chi connectivity index (χ1v) is 10.9. The number of H-pyrrole nitrogens is 1. The molecular formula is C27H27FN2. The Balaban J connectivity index is 1.32. The molecule has 0 spiro atoms. The fraction of sp³-hybridized carbons (Fsp3) is 0.259. The van der Waals surface area contributed by atoms with Crippen LogP contribution in [0.1, 0.15) is 34.6 Å². The van der Waals surface area contributed by atoms with E-state index in [0.29, 0.717) is 12.0 Å². The van der Waals surface area contributed by atoms with Crippen LogP contribution in [0.5, 0.6) is 0 Å². The molecule has 0 fully saturated rings. The van der Waals surface area contributed by atoms with Crippen molar-refractivity contribution in [3.05, 3.63) is 107 Å². The molecule has 2 atom stereocenters. The van der Waals surface area contributed by atoms with Crippen molar-refractivity contribution in [3.63, 3.8) is 0 Å². The van der Waals surface area contributed by atoms with E-state index in [1.807, 2.05) is 12.1 Å². The average molecular weight is 399 g/mol. The van der Waals surface area contributed by atoms with Gasteiger partial charge in [-0.15, -0.1) is 0 Å². The number of hydrogen-bond donors (Lipinski definition) is 2. The molecule has 152 valence electrons. The molecule has 1 aliphatic rings. The van der Waals surface area contributed by atoms with E-state index in [1.54, 1.807) is 12.1 Å². The van der Waals surface area contributed by atoms with Gasteiger partial charge in [-0.05, 0) is 72.7 Å². The normalized spacial score (nSPS) is 18.4. The van der Waals surface area contributed by atoms with Crippen molar-refractivity contribution < 1.29 is 4.39 Å². The molecule has 2 nitrogen and oxygen atoms in total. The molecule has 0 aliphatic heterocycles. The molecule has 5 rings (SSSR count). The predicted molar refractivity (Wildman–Crippen MR) is 121 cm³/mol. The molecule has 4 aromatic rings. The van der Waals surface area contributed by atoms with Crippen molar-refractivity contribution in [1.82, 2.24) is 10.3 Å². The second kappa shape index (κ2) is 8.45. The van der Waals surface area contributed by atoms with Crippen LogP contribution in [0.4, 0.5) is 4.39 Å². The quantitative estimate of drug-likeness (QED) is 0.423. The van der Waals surface area contributed by atoms with Crippen molar-refractivity contribution in [1.29, 1.82) is 0 Å². The van der Waals surface area contributed by atoms with Crippen LogP contribution in [-0.4, -0.2) is 17.6 Å². The number of aryl methyl sites for hydroxylation is 1. The number of aromatic nitrogens is 1. The molecule has 1 aromatic heterocycles. The molecule has 2 N–H and O–H groups in total. The third kappa shape index (κ3) is 3.90. The molecular weight excluding hydrogens is 371 g/mol. The molecule has 0 saturated heterocycles. The number of aromatic amines is 1. The van der Waals surface area contributed by atoms with Gasteiger partial charge >= 0.3 is 0 Å². The molecule has 3 aromatic carbocycles. The number of hydrogen-bond acceptors (Lipinski definition) is 1. The number of para-hydroxylation sites is 1. The maximum absolute atomic E-state index is 13.4. The van der Waals surface area contributed by atoms with Crippen LogP contribution in [0.25, 0.3) is 10.9 Å². The summed E-state index contributed by atoms with van der Waals surface area (Å²) in [7, 11) is 0. The van der Waals surface area contributed by atoms with Gasteiger partial charge in [-0.1, -0.05) is 54.6 Å². The zero-order valence-electron chi connectivity index (χ0n) is 17.1. The number of nitrogens with one attached hydrogen (secondary N) is 2. The topological polar surface area (TPSA) is 27.8 Å². The Bertz CT molecular complexity index is 1130. The Labute approximate surface area is 177 Å². The molecule has 0 bridgehead atoms. The van der Waals surface area contributed by atoms with E-state index in [1.165, 1.54) is 33.2 Å². The van der Waals surface area contributed by atoms with E-state index in [-0.39, 0.29) is 5.82 Å². The highest BCUT2D eigenvalue weighted by atomic mass is 19.1. The summed E-state index contributed by atoms with van der Waals surface area (Å²) in [5.41, 5.74) is 6.66. The molecule has 0 radical (unpaired) electrons. The first kappa shape index (κ1) is 19.1. The van der Waals surface area contributed by atoms with Crippen LogP contribution in [-0.2, 0) is 19.3 Å². The summed E-state index contributed by atoms with van der Waals surface area (Å²) in [5.74, 6) is 0.236. The summed E-state index contributed by atoms with van der Waals surface area (Å²) in [4.78, 5) is 3.38. The molecule has 1 aliphatic carbocycles. The molecule has 2 unspecified atom stereocenters. The molecule has 1 heterocycles. The van der Waals surface area contributed by atoms with Crippen LogP contribution < -0.4 is 5.32 Å². The lowest BCUT2D eigenvalue weighted by atomic mass is 9.76. The number of fused-ring (bicyclic) bond motifs is 2. The molecule has 3 heteroatoms. The molecule has 0 saturated carbocycles. The van der Waals surface area contributed by atoms with Crippen molar-refractivity contribution in [2.45, 2.75) is 37.6 Å². The van der Waals surface area contributed by atoms with Gasteiger partial charge in [-0.2, -0.15) is 0 Å². The fourth-order valence-corrected chi connectivity index (χ4v) is 4.95. The predicted octanol–water partition coefficient (Wildman–Crippen LogP) is 5.78. The lowest BCUT2D eigenvalue weighted by Gasteiger charge is -2.35. The van der Waals surface area contributed by atoms with E-state index < -0.39 is 0 Å². The maximum Gasteiger partial charge on any atom is 0.123 e. The third-order valence-electron chi connectivity index (χ3n) is 6.51. The highest BCUT2D eigenvalue weighted by molar-refractivity contribution is 5.83. The zero-order chi connectivity index (χ0) is 20.3. The summed E-state index contributed by atoms with van der Waals surface area (Å²) in [6, 6.07) is 24.7. The minimum atomic E-state index is -0.170. The minimum Gasteiger partial charge on any atom is -0.361 e. The second-order valence-electron chi connectivity index (χ2n) is 8.34. The van der Waals surface area contributed by atoms with Gasteiger partial charge in [0.2, 0.25) is 0 Å². The second-order valence-corrected chi connectivity index (χ2v) is 8.34. The van der Waals surface area contributed by atoms with Gasteiger partial charge in [0.1, 0.15) is 5.82 Å². The van der Waals surface area contributed by atoms with Crippen LogP contribution in [0.2, 0.25) is 0 Å². The smallest absolute Gasteiger partial charge is 0.123 e. The highest BCUT2D eigenvalue weighted by Gasteiger charge is 2.29. The molecule has 0 amide bonds. The largest absolute Gasteiger partial charge is 0.361 e. The van der Waals surface area contributed by atoms with E-state index in [2.05, 4.69) is 65.0 Å². The summed E-state index contributed by atoms with van der Waals surface area (Å²) >= 11 is 0. The van der Waals surface area contributed by atoms with Crippen LogP contribution in [0.3, 0.4) is 0 Å². The van der Waals surface area contributed by atoms with E-state index in [0.717, 1.165) is 32.2 Å². The molecule has 30 heavy (non-hydrogen) atoms. The van der Waals surface area contributed by atoms with Gasteiger partial charge in [0.15, 0.2) is 0 Å². The van der Waals surface area contributed by atoms with Crippen LogP contribution in [0, 0.1) is 5.82 Å². The third-order valence-corrected chi connectivity index (χ3v) is 6.51. The van der Waals surface area contributed by atoms with Gasteiger partial charge < -0.3 is 10.3 Å². The van der Waals surface area contributed by atoms with Gasteiger partial charge in [0, 0.05) is 29.1 Å². The monoisotopic (exact) mass is 398 g/mol. The number of rotatable bonds is 6. The Morgan fingerprint density at radius 3 is 2.63 bits per heavy atom. The van der Waals surface area contributed by atoms with Crippen molar-refractivity contribution >= 4 is 10.9 Å². The van der Waals surface area contributed by atoms with E-state index in [9.17, 15) is 4.39 Å². The Hall–Kier alpha value is -2.91. The lowest BCUT2D eigenvalue weighted by molar-refractivity contribution is 0.386. The SMILES string of the molecule is Fc1ccc(CC2c3ccccc3CCC2NCCc2c[nH]c3ccccc23)cc1. The van der Waals surface area contributed by atoms with Crippen molar-refractivity contribution in [2.75, 3.05) is 6.54 Å². The Kier molecular flexibility index (Phi) is 5.37. The van der Waals surface area contributed by atoms with Gasteiger partial charge in [-0.25, -0.2) is 4.39 Å². The Morgan fingerprint density at radius 2 is 1.73 bits per heavy atom. The highest BCUT2D eigenvalue weighted by Crippen LogP contribution is 2.34. The number of halogens is 1. The van der Waals surface area contributed by atoms with Crippen molar-refractivity contribution in [2.24, 2.45) is 0 Å². The van der Waals surface area contributed by atoms with Gasteiger partial charge in [0.05, 0.1) is 0 Å². The van der Waals surface area contributed by atoms with E-state index >= 15 is 0 Å². The zero-order valence-corrected chi connectivity index (χ0v) is 17.1. The summed E-state index contributed by atoms with van der Waals surface area (Å²) < 4.78 is 13.4. The summed E-state index contributed by atoms with van der Waals surface area (Å²) in [6.07, 6.45) is 6.32. The fourth-order valence-electron chi connectivity index (χ4n) is 4.95. The average Bonchev–Trinajstić information content (AvgIpc) is 3.20. The number of benzene rings is 3. The first-order valence-electron chi connectivity index (χ1n) is 10.9. The standard InChI is InChI=1S/C27H27FN2/c28-22-12-9-19(10-13-22)17-25-23-6-2-1-5-20(23)11-14-27(25)29-16-15-21-18-30-26-8-4-3-7-24(21)26/h1-10,12-13,18,25,27,29-30H,11,14-17H2. The van der Waals surface area contributed by atoms with Gasteiger partial charge in [-0.3, -0.25) is 0 Å². The summed E-state index contributed by atoms with van der Waals surface area (Å²) in [5, 5.41) is 5.18. The van der Waals surface area contributed by atoms with E-state index in [4.69, 9.17) is 0 Å². The first-order chi connectivity index (χ1) is 14.8. The van der Waals surface area contributed by atoms with Crippen LogP contribution >= 0.6 is 0 Å². The van der Waals surface area contributed by atoms with Crippen molar-refractivity contribution in [3.8, 4) is 0 Å². The lowest BCUT2D eigenvalue weighted by Crippen LogP contribution is -2.40. The Morgan fingerprint density at radius 1 is 0.933 bits per heavy atom. The minimum absolute atomic E-state index is 0.170. The van der Waals surface area contributed by atoms with Gasteiger partial charge in [0.25, 0.3) is 0 Å². The van der Waals surface area contributed by atoms with Crippen LogP contribution in [0.15, 0.2) is 79.0 Å².